The summed E-state index contributed by atoms with van der Waals surface area (Å²) in [4.78, 5) is 0. The second-order valence-corrected chi connectivity index (χ2v) is 7.00. The molecule has 0 fully saturated rings. The number of unbranched alkanes of at least 4 members (excludes halogenated alkanes) is 2. The van der Waals surface area contributed by atoms with Gasteiger partial charge in [0.2, 0.25) is 0 Å². The van der Waals surface area contributed by atoms with Crippen LogP contribution in [0, 0.1) is 11.8 Å². The molecular weight excluding hydrogens is 344 g/mol. The van der Waals surface area contributed by atoms with Crippen molar-refractivity contribution < 1.29 is 9.84 Å². The van der Waals surface area contributed by atoms with Gasteiger partial charge in [-0.25, -0.2) is 0 Å². The van der Waals surface area contributed by atoms with Crippen LogP contribution in [0.5, 0.6) is 5.75 Å². The average Bonchev–Trinajstić information content (AvgIpc) is 2.75. The predicted molar refractivity (Wildman–Crippen MR) is 117 cm³/mol. The molecule has 148 valence electrons. The average molecular weight is 377 g/mol. The minimum atomic E-state index is -0.593. The smallest absolute Gasteiger partial charge is 0.118 e. The van der Waals surface area contributed by atoms with Crippen LogP contribution in [0.1, 0.15) is 69.6 Å². The number of benzene rings is 2. The van der Waals surface area contributed by atoms with Gasteiger partial charge in [0, 0.05) is 11.1 Å². The lowest BCUT2D eigenvalue weighted by Crippen LogP contribution is -2.05. The first-order chi connectivity index (χ1) is 13.7. The highest BCUT2D eigenvalue weighted by atomic mass is 16.5. The van der Waals surface area contributed by atoms with Crippen molar-refractivity contribution in [3.8, 4) is 17.6 Å². The van der Waals surface area contributed by atoms with Crippen LogP contribution in [-0.4, -0.2) is 12.2 Å². The van der Waals surface area contributed by atoms with E-state index in [9.17, 15) is 5.11 Å². The van der Waals surface area contributed by atoms with Gasteiger partial charge < -0.3 is 9.84 Å². The van der Waals surface area contributed by atoms with E-state index >= 15 is 0 Å². The molecule has 0 aliphatic carbocycles. The number of ether oxygens (including phenoxy) is 1. The van der Waals surface area contributed by atoms with Crippen LogP contribution >= 0.6 is 0 Å². The summed E-state index contributed by atoms with van der Waals surface area (Å²) >= 11 is 0. The lowest BCUT2D eigenvalue weighted by atomic mass is 9.90. The van der Waals surface area contributed by atoms with Crippen molar-refractivity contribution >= 4 is 0 Å². The first-order valence-electron chi connectivity index (χ1n) is 10.3. The summed E-state index contributed by atoms with van der Waals surface area (Å²) in [5, 5.41) is 11.1. The van der Waals surface area contributed by atoms with Gasteiger partial charge in [-0.1, -0.05) is 68.9 Å². The third-order valence-electron chi connectivity index (χ3n) is 4.86. The maximum atomic E-state index is 11.1. The van der Waals surface area contributed by atoms with E-state index in [0.717, 1.165) is 66.5 Å². The van der Waals surface area contributed by atoms with Gasteiger partial charge in [0.25, 0.3) is 0 Å². The van der Waals surface area contributed by atoms with E-state index in [1.807, 2.05) is 54.6 Å². The Morgan fingerprint density at radius 3 is 2.18 bits per heavy atom. The topological polar surface area (TPSA) is 29.5 Å². The Kier molecular flexibility index (Phi) is 9.39. The zero-order valence-corrected chi connectivity index (χ0v) is 17.4. The lowest BCUT2D eigenvalue weighted by Gasteiger charge is -2.18. The standard InChI is InChI=1S/C26H32O2/c1-4-6-11-22(18-15-21-16-19-24(28-3)20-17-21)25(14-7-5-2)26(27)23-12-9-8-10-13-23/h8-10,12-13,16-17,19-20,26-27H,4-7,11,14H2,1-3H3/b25-22-. The molecule has 28 heavy (non-hydrogen) atoms. The van der Waals surface area contributed by atoms with Gasteiger partial charge in [0.15, 0.2) is 0 Å². The summed E-state index contributed by atoms with van der Waals surface area (Å²) in [6.45, 7) is 4.37. The van der Waals surface area contributed by atoms with E-state index in [4.69, 9.17) is 4.74 Å². The molecule has 2 aromatic rings. The number of hydrogen-bond acceptors (Lipinski definition) is 2. The third kappa shape index (κ3) is 6.59. The highest BCUT2D eigenvalue weighted by Gasteiger charge is 2.16. The molecule has 0 saturated carbocycles. The third-order valence-corrected chi connectivity index (χ3v) is 4.86. The van der Waals surface area contributed by atoms with Crippen molar-refractivity contribution in [2.75, 3.05) is 7.11 Å². The number of methoxy groups -OCH3 is 1. The van der Waals surface area contributed by atoms with Crippen LogP contribution in [0.25, 0.3) is 0 Å². The minimum absolute atomic E-state index is 0.593. The highest BCUT2D eigenvalue weighted by molar-refractivity contribution is 5.45. The molecule has 0 aliphatic rings. The normalized spacial score (nSPS) is 12.6. The zero-order chi connectivity index (χ0) is 20.2. The van der Waals surface area contributed by atoms with Gasteiger partial charge in [0.05, 0.1) is 7.11 Å². The fraction of sp³-hybridized carbons (Fsp3) is 0.385. The minimum Gasteiger partial charge on any atom is -0.497 e. The van der Waals surface area contributed by atoms with E-state index < -0.39 is 6.10 Å². The van der Waals surface area contributed by atoms with E-state index in [1.54, 1.807) is 7.11 Å². The fourth-order valence-corrected chi connectivity index (χ4v) is 3.14. The molecule has 1 atom stereocenters. The number of allylic oxidation sites excluding steroid dienone is 1. The second kappa shape index (κ2) is 12.1. The first-order valence-corrected chi connectivity index (χ1v) is 10.3. The second-order valence-electron chi connectivity index (χ2n) is 7.00. The number of hydrogen-bond donors (Lipinski definition) is 1. The molecule has 1 unspecified atom stereocenters. The van der Waals surface area contributed by atoms with Gasteiger partial charge in [-0.3, -0.25) is 0 Å². The summed E-state index contributed by atoms with van der Waals surface area (Å²) in [5.41, 5.74) is 4.05. The van der Waals surface area contributed by atoms with Crippen LogP contribution < -0.4 is 4.74 Å². The molecule has 0 aromatic heterocycles. The first kappa shape index (κ1) is 21.8. The van der Waals surface area contributed by atoms with Crippen molar-refractivity contribution in [2.45, 2.75) is 58.5 Å². The van der Waals surface area contributed by atoms with Gasteiger partial charge in [-0.15, -0.1) is 0 Å². The van der Waals surface area contributed by atoms with Crippen molar-refractivity contribution in [3.63, 3.8) is 0 Å². The molecule has 0 spiro atoms. The SMILES string of the molecule is CCCC/C(C#Cc1ccc(OC)cc1)=C(\CCCC)C(O)c1ccccc1. The van der Waals surface area contributed by atoms with Gasteiger partial charge in [-0.2, -0.15) is 0 Å². The molecule has 0 aliphatic heterocycles. The number of rotatable bonds is 9. The maximum absolute atomic E-state index is 11.1. The molecule has 2 rings (SSSR count). The summed E-state index contributed by atoms with van der Waals surface area (Å²) < 4.78 is 5.22. The Bertz CT molecular complexity index is 792. The largest absolute Gasteiger partial charge is 0.497 e. The highest BCUT2D eigenvalue weighted by Crippen LogP contribution is 2.30. The Labute approximate surface area is 170 Å². The quantitative estimate of drug-likeness (QED) is 0.509. The lowest BCUT2D eigenvalue weighted by molar-refractivity contribution is 0.209. The summed E-state index contributed by atoms with van der Waals surface area (Å²) in [6, 6.07) is 17.7. The number of aliphatic hydroxyl groups is 1. The predicted octanol–water partition coefficient (Wildman–Crippen LogP) is 6.46. The zero-order valence-electron chi connectivity index (χ0n) is 17.4. The van der Waals surface area contributed by atoms with Crippen molar-refractivity contribution in [2.24, 2.45) is 0 Å². The van der Waals surface area contributed by atoms with Crippen molar-refractivity contribution in [1.82, 2.24) is 0 Å². The van der Waals surface area contributed by atoms with Gasteiger partial charge >= 0.3 is 0 Å². The maximum Gasteiger partial charge on any atom is 0.118 e. The Morgan fingerprint density at radius 1 is 0.929 bits per heavy atom. The monoisotopic (exact) mass is 376 g/mol. The summed E-state index contributed by atoms with van der Waals surface area (Å²) in [7, 11) is 1.66. The molecular formula is C26H32O2. The molecule has 2 aromatic carbocycles. The van der Waals surface area contributed by atoms with Crippen LogP contribution in [0.15, 0.2) is 65.7 Å². The van der Waals surface area contributed by atoms with Crippen LogP contribution in [0.2, 0.25) is 0 Å². The van der Waals surface area contributed by atoms with E-state index in [2.05, 4.69) is 25.7 Å². The fourth-order valence-electron chi connectivity index (χ4n) is 3.14. The van der Waals surface area contributed by atoms with Crippen LogP contribution in [-0.2, 0) is 0 Å². The van der Waals surface area contributed by atoms with Crippen LogP contribution in [0.3, 0.4) is 0 Å². The summed E-state index contributed by atoms with van der Waals surface area (Å²) in [6.07, 6.45) is 5.52. The van der Waals surface area contributed by atoms with Gasteiger partial charge in [0.1, 0.15) is 11.9 Å². The van der Waals surface area contributed by atoms with E-state index in [-0.39, 0.29) is 0 Å². The van der Waals surface area contributed by atoms with Gasteiger partial charge in [-0.05, 0) is 61.1 Å². The van der Waals surface area contributed by atoms with E-state index in [1.165, 1.54) is 0 Å². The Hall–Kier alpha value is -2.50. The number of aliphatic hydroxyl groups excluding tert-OH is 1. The molecule has 0 radical (unpaired) electrons. The molecule has 0 heterocycles. The molecule has 0 amide bonds. The van der Waals surface area contributed by atoms with Crippen molar-refractivity contribution in [1.29, 1.82) is 0 Å². The van der Waals surface area contributed by atoms with Crippen LogP contribution in [0.4, 0.5) is 0 Å². The molecule has 0 bridgehead atoms. The molecule has 2 nitrogen and oxygen atoms in total. The summed E-state index contributed by atoms with van der Waals surface area (Å²) in [5.74, 6) is 7.52. The van der Waals surface area contributed by atoms with E-state index in [0.29, 0.717) is 0 Å². The molecule has 2 heteroatoms. The molecule has 0 saturated heterocycles. The molecule has 1 N–H and O–H groups in total. The Morgan fingerprint density at radius 2 is 1.57 bits per heavy atom. The Balaban J connectivity index is 2.41. The van der Waals surface area contributed by atoms with Crippen molar-refractivity contribution in [3.05, 3.63) is 76.9 Å².